The van der Waals surface area contributed by atoms with E-state index in [0.29, 0.717) is 12.5 Å². The maximum Gasteiger partial charge on any atom is 0.417 e. The van der Waals surface area contributed by atoms with E-state index in [2.05, 4.69) is 5.32 Å². The number of carbonyl (C=O) groups excluding carboxylic acids is 1. The number of halogens is 3. The molecule has 1 N–H and O–H groups in total. The molecular weight excluding hydrogens is 283 g/mol. The standard InChI is InChI=1S/C15H18F3NO2/c16-15(17,18)13-4-2-1-3-12(13)14(20)19-8-5-11-6-9-21-10-7-11/h1-4,11H,5-10H2,(H,19,20). The first kappa shape index (κ1) is 15.8. The minimum Gasteiger partial charge on any atom is -0.381 e. The Hall–Kier alpha value is -1.56. The lowest BCUT2D eigenvalue weighted by atomic mass is 9.96. The third-order valence-corrected chi connectivity index (χ3v) is 3.66. The molecule has 0 aromatic heterocycles. The van der Waals surface area contributed by atoms with E-state index in [4.69, 9.17) is 4.74 Å². The fourth-order valence-electron chi connectivity index (χ4n) is 2.45. The van der Waals surface area contributed by atoms with Crippen molar-refractivity contribution in [2.75, 3.05) is 19.8 Å². The number of ether oxygens (including phenoxy) is 1. The number of nitrogens with one attached hydrogen (secondary N) is 1. The largest absolute Gasteiger partial charge is 0.417 e. The summed E-state index contributed by atoms with van der Waals surface area (Å²) < 4.78 is 43.7. The van der Waals surface area contributed by atoms with Crippen molar-refractivity contribution in [3.8, 4) is 0 Å². The first-order valence-corrected chi connectivity index (χ1v) is 7.00. The van der Waals surface area contributed by atoms with Crippen LogP contribution >= 0.6 is 0 Å². The Kier molecular flexibility index (Phi) is 5.22. The molecule has 0 saturated carbocycles. The molecule has 0 unspecified atom stereocenters. The van der Waals surface area contributed by atoms with Gasteiger partial charge < -0.3 is 10.1 Å². The van der Waals surface area contributed by atoms with Crippen LogP contribution in [0.15, 0.2) is 24.3 Å². The molecule has 1 amide bonds. The number of rotatable bonds is 4. The van der Waals surface area contributed by atoms with Crippen molar-refractivity contribution in [1.82, 2.24) is 5.32 Å². The third kappa shape index (κ3) is 4.46. The number of alkyl halides is 3. The molecule has 0 radical (unpaired) electrons. The molecule has 116 valence electrons. The van der Waals surface area contributed by atoms with Crippen molar-refractivity contribution in [3.05, 3.63) is 35.4 Å². The molecule has 0 spiro atoms. The highest BCUT2D eigenvalue weighted by Gasteiger charge is 2.34. The zero-order valence-corrected chi connectivity index (χ0v) is 11.6. The van der Waals surface area contributed by atoms with Crippen LogP contribution in [0, 0.1) is 5.92 Å². The highest BCUT2D eigenvalue weighted by atomic mass is 19.4. The van der Waals surface area contributed by atoms with E-state index in [9.17, 15) is 18.0 Å². The summed E-state index contributed by atoms with van der Waals surface area (Å²) in [6.07, 6.45) is -1.87. The van der Waals surface area contributed by atoms with Gasteiger partial charge in [0.15, 0.2) is 0 Å². The summed E-state index contributed by atoms with van der Waals surface area (Å²) in [5.74, 6) is -0.202. The summed E-state index contributed by atoms with van der Waals surface area (Å²) in [5.41, 5.74) is -1.22. The molecule has 1 saturated heterocycles. The molecule has 1 aromatic rings. The lowest BCUT2D eigenvalue weighted by molar-refractivity contribution is -0.137. The van der Waals surface area contributed by atoms with Crippen molar-refractivity contribution in [1.29, 1.82) is 0 Å². The maximum absolute atomic E-state index is 12.8. The number of benzene rings is 1. The Morgan fingerprint density at radius 1 is 1.24 bits per heavy atom. The molecule has 1 aromatic carbocycles. The molecule has 2 rings (SSSR count). The van der Waals surface area contributed by atoms with Crippen LogP contribution in [0.4, 0.5) is 13.2 Å². The van der Waals surface area contributed by atoms with Crippen molar-refractivity contribution < 1.29 is 22.7 Å². The van der Waals surface area contributed by atoms with Gasteiger partial charge in [-0.2, -0.15) is 13.2 Å². The van der Waals surface area contributed by atoms with Gasteiger partial charge in [0.05, 0.1) is 11.1 Å². The Bertz CT molecular complexity index is 482. The average Bonchev–Trinajstić information content (AvgIpc) is 2.47. The number of carbonyl (C=O) groups is 1. The highest BCUT2D eigenvalue weighted by molar-refractivity contribution is 5.95. The molecule has 3 nitrogen and oxygen atoms in total. The second kappa shape index (κ2) is 6.93. The molecule has 1 fully saturated rings. The molecule has 0 bridgehead atoms. The molecular formula is C15H18F3NO2. The van der Waals surface area contributed by atoms with Crippen LogP contribution in [0.5, 0.6) is 0 Å². The van der Waals surface area contributed by atoms with Crippen molar-refractivity contribution in [2.45, 2.75) is 25.4 Å². The topological polar surface area (TPSA) is 38.3 Å². The lowest BCUT2D eigenvalue weighted by Gasteiger charge is -2.22. The minimum absolute atomic E-state index is 0.322. The summed E-state index contributed by atoms with van der Waals surface area (Å²) >= 11 is 0. The quantitative estimate of drug-likeness (QED) is 0.927. The minimum atomic E-state index is -4.52. The van der Waals surface area contributed by atoms with Gasteiger partial charge in [0.2, 0.25) is 0 Å². The first-order chi connectivity index (χ1) is 9.98. The van der Waals surface area contributed by atoms with Gasteiger partial charge in [-0.25, -0.2) is 0 Å². The van der Waals surface area contributed by atoms with Crippen LogP contribution < -0.4 is 5.32 Å². The van der Waals surface area contributed by atoms with Gasteiger partial charge in [-0.3, -0.25) is 4.79 Å². The second-order valence-electron chi connectivity index (χ2n) is 5.14. The van der Waals surface area contributed by atoms with Gasteiger partial charge in [-0.05, 0) is 37.3 Å². The monoisotopic (exact) mass is 301 g/mol. The normalized spacial score (nSPS) is 16.7. The van der Waals surface area contributed by atoms with Crippen molar-refractivity contribution in [3.63, 3.8) is 0 Å². The van der Waals surface area contributed by atoms with E-state index >= 15 is 0 Å². The van der Waals surface area contributed by atoms with Gasteiger partial charge in [0.1, 0.15) is 0 Å². The first-order valence-electron chi connectivity index (χ1n) is 7.00. The second-order valence-corrected chi connectivity index (χ2v) is 5.14. The predicted molar refractivity (Wildman–Crippen MR) is 71.9 cm³/mol. The predicted octanol–water partition coefficient (Wildman–Crippen LogP) is 3.25. The fourth-order valence-corrected chi connectivity index (χ4v) is 2.45. The van der Waals surface area contributed by atoms with Crippen LogP contribution in [0.3, 0.4) is 0 Å². The molecule has 1 aliphatic heterocycles. The molecule has 21 heavy (non-hydrogen) atoms. The average molecular weight is 301 g/mol. The summed E-state index contributed by atoms with van der Waals surface area (Å²) in [5, 5.41) is 2.58. The van der Waals surface area contributed by atoms with E-state index < -0.39 is 17.6 Å². The van der Waals surface area contributed by atoms with Crippen LogP contribution in [-0.4, -0.2) is 25.7 Å². The molecule has 1 heterocycles. The van der Waals surface area contributed by atoms with E-state index in [0.717, 1.165) is 38.5 Å². The van der Waals surface area contributed by atoms with E-state index in [1.54, 1.807) is 0 Å². The Balaban J connectivity index is 1.91. The Morgan fingerprint density at radius 3 is 2.57 bits per heavy atom. The fraction of sp³-hybridized carbons (Fsp3) is 0.533. The summed E-state index contributed by atoms with van der Waals surface area (Å²) in [6.45, 7) is 1.82. The summed E-state index contributed by atoms with van der Waals surface area (Å²) in [4.78, 5) is 11.9. The van der Waals surface area contributed by atoms with E-state index in [1.807, 2.05) is 0 Å². The lowest BCUT2D eigenvalue weighted by Crippen LogP contribution is -2.29. The smallest absolute Gasteiger partial charge is 0.381 e. The van der Waals surface area contributed by atoms with Crippen molar-refractivity contribution in [2.24, 2.45) is 5.92 Å². The highest BCUT2D eigenvalue weighted by Crippen LogP contribution is 2.31. The SMILES string of the molecule is O=C(NCCC1CCOCC1)c1ccccc1C(F)(F)F. The van der Waals surface area contributed by atoms with Crippen LogP contribution in [0.2, 0.25) is 0 Å². The molecule has 1 aliphatic rings. The number of hydrogen-bond acceptors (Lipinski definition) is 2. The zero-order valence-electron chi connectivity index (χ0n) is 11.6. The van der Waals surface area contributed by atoms with Crippen molar-refractivity contribution >= 4 is 5.91 Å². The van der Waals surface area contributed by atoms with Gasteiger partial charge in [0.25, 0.3) is 5.91 Å². The Labute approximate surface area is 121 Å². The summed E-state index contributed by atoms with van der Waals surface area (Å²) in [7, 11) is 0. The number of amides is 1. The maximum atomic E-state index is 12.8. The van der Waals surface area contributed by atoms with Gasteiger partial charge >= 0.3 is 6.18 Å². The van der Waals surface area contributed by atoms with Crippen LogP contribution in [0.1, 0.15) is 35.2 Å². The van der Waals surface area contributed by atoms with E-state index in [1.165, 1.54) is 18.2 Å². The molecule has 0 atom stereocenters. The van der Waals surface area contributed by atoms with Gasteiger partial charge in [-0.1, -0.05) is 12.1 Å². The van der Waals surface area contributed by atoms with Crippen LogP contribution in [-0.2, 0) is 10.9 Å². The van der Waals surface area contributed by atoms with Gasteiger partial charge in [-0.15, -0.1) is 0 Å². The van der Waals surface area contributed by atoms with Gasteiger partial charge in [0, 0.05) is 19.8 Å². The molecule has 0 aliphatic carbocycles. The Morgan fingerprint density at radius 2 is 1.90 bits per heavy atom. The zero-order chi connectivity index (χ0) is 15.3. The summed E-state index contributed by atoms with van der Waals surface area (Å²) in [6, 6.07) is 4.84. The number of hydrogen-bond donors (Lipinski definition) is 1. The van der Waals surface area contributed by atoms with Crippen LogP contribution in [0.25, 0.3) is 0 Å². The third-order valence-electron chi connectivity index (χ3n) is 3.66. The van der Waals surface area contributed by atoms with E-state index in [-0.39, 0.29) is 5.56 Å². The molecule has 6 heteroatoms.